The Labute approximate surface area is 106 Å². The lowest BCUT2D eigenvalue weighted by Gasteiger charge is -2.20. The summed E-state index contributed by atoms with van der Waals surface area (Å²) in [4.78, 5) is 10.9. The minimum atomic E-state index is -0.852. The molecule has 0 fully saturated rings. The van der Waals surface area contributed by atoms with E-state index in [9.17, 15) is 4.79 Å². The number of carboxylic acids is 1. The number of hydrogen-bond acceptors (Lipinski definition) is 3. The molecule has 0 unspecified atom stereocenters. The fraction of sp³-hybridized carbons (Fsp3) is 0.417. The summed E-state index contributed by atoms with van der Waals surface area (Å²) < 4.78 is 5.03. The number of anilines is 1. The van der Waals surface area contributed by atoms with Crippen LogP contribution in [0.25, 0.3) is 0 Å². The van der Waals surface area contributed by atoms with Crippen molar-refractivity contribution >= 4 is 23.3 Å². The van der Waals surface area contributed by atoms with Crippen LogP contribution >= 0.6 is 11.6 Å². The third kappa shape index (κ3) is 3.53. The first-order valence-corrected chi connectivity index (χ1v) is 5.55. The van der Waals surface area contributed by atoms with Crippen molar-refractivity contribution in [1.82, 2.24) is 0 Å². The van der Waals surface area contributed by atoms with Crippen LogP contribution in [0.2, 0.25) is 5.02 Å². The van der Waals surface area contributed by atoms with E-state index in [1.165, 1.54) is 0 Å². The summed E-state index contributed by atoms with van der Waals surface area (Å²) in [5.41, 5.74) is -0.148. The average Bonchev–Trinajstić information content (AvgIpc) is 2.27. The Balaban J connectivity index is 2.73. The summed E-state index contributed by atoms with van der Waals surface area (Å²) in [6, 6.07) is 5.21. The van der Waals surface area contributed by atoms with Gasteiger partial charge in [-0.2, -0.15) is 0 Å². The Bertz CT molecular complexity index is 418. The number of nitrogens with one attached hydrogen (secondary N) is 1. The van der Waals surface area contributed by atoms with Crippen LogP contribution in [-0.4, -0.2) is 24.7 Å². The van der Waals surface area contributed by atoms with Gasteiger partial charge in [0, 0.05) is 12.6 Å². The minimum Gasteiger partial charge on any atom is -0.497 e. The highest BCUT2D eigenvalue weighted by Gasteiger charge is 2.26. The Kier molecular flexibility index (Phi) is 4.23. The lowest BCUT2D eigenvalue weighted by Crippen LogP contribution is -2.31. The van der Waals surface area contributed by atoms with Gasteiger partial charge in [0.2, 0.25) is 0 Å². The number of aliphatic carboxylic acids is 1. The Hall–Kier alpha value is -1.42. The van der Waals surface area contributed by atoms with Crippen LogP contribution in [0.1, 0.15) is 13.8 Å². The van der Waals surface area contributed by atoms with Crippen molar-refractivity contribution in [3.8, 4) is 5.75 Å². The standard InChI is InChI=1S/C12H16ClNO3/c1-12(2,11(15)16)7-14-10-5-4-8(17-3)6-9(10)13/h4-6,14H,7H2,1-3H3,(H,15,16). The Morgan fingerprint density at radius 1 is 1.53 bits per heavy atom. The zero-order valence-electron chi connectivity index (χ0n) is 10.1. The van der Waals surface area contributed by atoms with Crippen LogP contribution in [-0.2, 0) is 4.79 Å². The second-order valence-corrected chi connectivity index (χ2v) is 4.80. The van der Waals surface area contributed by atoms with Gasteiger partial charge in [0.15, 0.2) is 0 Å². The molecule has 0 aromatic heterocycles. The van der Waals surface area contributed by atoms with E-state index in [1.807, 2.05) is 0 Å². The van der Waals surface area contributed by atoms with Crippen molar-refractivity contribution in [1.29, 1.82) is 0 Å². The first kappa shape index (κ1) is 13.6. The molecule has 17 heavy (non-hydrogen) atoms. The number of carbonyl (C=O) groups is 1. The molecular weight excluding hydrogens is 242 g/mol. The van der Waals surface area contributed by atoms with Gasteiger partial charge in [-0.15, -0.1) is 0 Å². The summed E-state index contributed by atoms with van der Waals surface area (Å²) in [5.74, 6) is -0.187. The number of hydrogen-bond donors (Lipinski definition) is 2. The fourth-order valence-corrected chi connectivity index (χ4v) is 1.40. The number of rotatable bonds is 5. The van der Waals surface area contributed by atoms with Crippen molar-refractivity contribution in [3.05, 3.63) is 23.2 Å². The van der Waals surface area contributed by atoms with E-state index >= 15 is 0 Å². The molecule has 5 heteroatoms. The number of carboxylic acid groups (broad SMARTS) is 1. The van der Waals surface area contributed by atoms with Gasteiger partial charge in [-0.3, -0.25) is 4.79 Å². The first-order valence-electron chi connectivity index (χ1n) is 5.17. The molecule has 2 N–H and O–H groups in total. The highest BCUT2D eigenvalue weighted by Crippen LogP contribution is 2.27. The molecule has 0 saturated heterocycles. The van der Waals surface area contributed by atoms with Gasteiger partial charge in [-0.05, 0) is 26.0 Å². The molecule has 1 aromatic carbocycles. The molecule has 0 saturated carbocycles. The smallest absolute Gasteiger partial charge is 0.310 e. The van der Waals surface area contributed by atoms with Crippen LogP contribution < -0.4 is 10.1 Å². The summed E-state index contributed by atoms with van der Waals surface area (Å²) in [5, 5.41) is 12.5. The molecular formula is C12H16ClNO3. The van der Waals surface area contributed by atoms with Gasteiger partial charge >= 0.3 is 5.97 Å². The molecule has 4 nitrogen and oxygen atoms in total. The molecule has 0 aliphatic rings. The lowest BCUT2D eigenvalue weighted by molar-refractivity contribution is -0.146. The maximum absolute atomic E-state index is 10.9. The zero-order chi connectivity index (χ0) is 13.1. The predicted octanol–water partition coefficient (Wildman–Crippen LogP) is 2.87. The van der Waals surface area contributed by atoms with Crippen LogP contribution in [0.4, 0.5) is 5.69 Å². The molecule has 0 aliphatic heterocycles. The van der Waals surface area contributed by atoms with E-state index in [1.54, 1.807) is 39.2 Å². The second-order valence-electron chi connectivity index (χ2n) is 4.39. The van der Waals surface area contributed by atoms with Gasteiger partial charge in [0.1, 0.15) is 5.75 Å². The van der Waals surface area contributed by atoms with Crippen molar-refractivity contribution in [2.75, 3.05) is 19.0 Å². The SMILES string of the molecule is COc1ccc(NCC(C)(C)C(=O)O)c(Cl)c1. The molecule has 0 amide bonds. The van der Waals surface area contributed by atoms with Crippen molar-refractivity contribution < 1.29 is 14.6 Å². The maximum atomic E-state index is 10.9. The average molecular weight is 258 g/mol. The largest absolute Gasteiger partial charge is 0.497 e. The molecule has 0 radical (unpaired) electrons. The zero-order valence-corrected chi connectivity index (χ0v) is 10.8. The summed E-state index contributed by atoms with van der Waals surface area (Å²) in [7, 11) is 1.56. The molecule has 0 spiro atoms. The normalized spacial score (nSPS) is 11.1. The quantitative estimate of drug-likeness (QED) is 0.852. The summed E-state index contributed by atoms with van der Waals surface area (Å²) >= 11 is 6.03. The van der Waals surface area contributed by atoms with Gasteiger partial charge in [0.05, 0.1) is 23.2 Å². The summed E-state index contributed by atoms with van der Waals surface area (Å²) in [6.07, 6.45) is 0. The number of halogens is 1. The lowest BCUT2D eigenvalue weighted by atomic mass is 9.94. The van der Waals surface area contributed by atoms with E-state index in [-0.39, 0.29) is 0 Å². The number of benzene rings is 1. The molecule has 0 heterocycles. The summed E-state index contributed by atoms with van der Waals surface area (Å²) in [6.45, 7) is 3.61. The van der Waals surface area contributed by atoms with Crippen molar-refractivity contribution in [3.63, 3.8) is 0 Å². The molecule has 0 bridgehead atoms. The molecule has 0 aliphatic carbocycles. The second kappa shape index (κ2) is 5.27. The predicted molar refractivity (Wildman–Crippen MR) is 67.9 cm³/mol. The topological polar surface area (TPSA) is 58.6 Å². The third-order valence-corrected chi connectivity index (χ3v) is 2.79. The highest BCUT2D eigenvalue weighted by atomic mass is 35.5. The molecule has 1 rings (SSSR count). The van der Waals surface area contributed by atoms with Crippen molar-refractivity contribution in [2.45, 2.75) is 13.8 Å². The van der Waals surface area contributed by atoms with E-state index < -0.39 is 11.4 Å². The third-order valence-electron chi connectivity index (χ3n) is 2.48. The van der Waals surface area contributed by atoms with E-state index in [4.69, 9.17) is 21.4 Å². The van der Waals surface area contributed by atoms with Gasteiger partial charge in [-0.1, -0.05) is 11.6 Å². The van der Waals surface area contributed by atoms with Crippen LogP contribution in [0, 0.1) is 5.41 Å². The van der Waals surface area contributed by atoms with E-state index in [2.05, 4.69) is 5.32 Å². The first-order chi connectivity index (χ1) is 7.86. The number of methoxy groups -OCH3 is 1. The van der Waals surface area contributed by atoms with Gasteiger partial charge in [0.25, 0.3) is 0 Å². The van der Waals surface area contributed by atoms with Gasteiger partial charge < -0.3 is 15.2 Å². The van der Waals surface area contributed by atoms with Crippen LogP contribution in [0.5, 0.6) is 5.75 Å². The fourth-order valence-electron chi connectivity index (χ4n) is 1.16. The molecule has 1 aromatic rings. The number of ether oxygens (including phenoxy) is 1. The Morgan fingerprint density at radius 2 is 2.18 bits per heavy atom. The maximum Gasteiger partial charge on any atom is 0.310 e. The van der Waals surface area contributed by atoms with Crippen LogP contribution in [0.3, 0.4) is 0 Å². The molecule has 0 atom stereocenters. The van der Waals surface area contributed by atoms with Crippen molar-refractivity contribution in [2.24, 2.45) is 5.41 Å². The highest BCUT2D eigenvalue weighted by molar-refractivity contribution is 6.33. The van der Waals surface area contributed by atoms with E-state index in [0.717, 1.165) is 0 Å². The monoisotopic (exact) mass is 257 g/mol. The van der Waals surface area contributed by atoms with E-state index in [0.29, 0.717) is 23.0 Å². The molecule has 94 valence electrons. The Morgan fingerprint density at radius 3 is 2.65 bits per heavy atom. The van der Waals surface area contributed by atoms with Crippen LogP contribution in [0.15, 0.2) is 18.2 Å². The minimum absolute atomic E-state index is 0.300. The van der Waals surface area contributed by atoms with Gasteiger partial charge in [-0.25, -0.2) is 0 Å².